The zero-order valence-corrected chi connectivity index (χ0v) is 17.9. The zero-order chi connectivity index (χ0) is 17.4. The first-order valence-corrected chi connectivity index (χ1v) is 11.5. The summed E-state index contributed by atoms with van der Waals surface area (Å²) in [6.07, 6.45) is 1.84. The lowest BCUT2D eigenvalue weighted by Gasteiger charge is -2.36. The van der Waals surface area contributed by atoms with Crippen molar-refractivity contribution < 1.29 is 13.9 Å². The summed E-state index contributed by atoms with van der Waals surface area (Å²) >= 11 is 2.30. The summed E-state index contributed by atoms with van der Waals surface area (Å²) in [5.74, 6) is 2.12. The molecule has 0 aliphatic rings. The number of aromatic nitrogens is 1. The molecule has 0 N–H and O–H groups in total. The molecule has 0 unspecified atom stereocenters. The minimum absolute atomic E-state index is 0.129. The first-order chi connectivity index (χ1) is 10.6. The van der Waals surface area contributed by atoms with Crippen molar-refractivity contribution in [3.63, 3.8) is 0 Å². The molecule has 2 rings (SSSR count). The Morgan fingerprint density at radius 1 is 1.04 bits per heavy atom. The molecule has 1 aromatic heterocycles. The predicted molar refractivity (Wildman–Crippen MR) is 105 cm³/mol. The Bertz CT molecular complexity index is 726. The fourth-order valence-electron chi connectivity index (χ4n) is 1.96. The molecule has 1 aromatic carbocycles. The maximum atomic E-state index is 6.38. The number of hydrogen-bond acceptors (Lipinski definition) is 4. The number of nitrogens with zero attached hydrogens (tertiary/aromatic N) is 1. The van der Waals surface area contributed by atoms with E-state index in [0.29, 0.717) is 17.4 Å². The van der Waals surface area contributed by atoms with Gasteiger partial charge in [-0.05, 0) is 52.9 Å². The Morgan fingerprint density at radius 3 is 2.13 bits per heavy atom. The van der Waals surface area contributed by atoms with Crippen LogP contribution < -0.4 is 13.9 Å². The fraction of sp³-hybridized carbons (Fsp3) is 0.471. The molecular weight excluding hydrogens is 421 g/mol. The van der Waals surface area contributed by atoms with E-state index in [9.17, 15) is 0 Å². The van der Waals surface area contributed by atoms with Crippen LogP contribution in [0.25, 0.3) is 10.8 Å². The number of methoxy groups -OCH3 is 2. The molecule has 4 nitrogen and oxygen atoms in total. The van der Waals surface area contributed by atoms with Gasteiger partial charge in [0, 0.05) is 17.0 Å². The Labute approximate surface area is 152 Å². The number of halogens is 1. The van der Waals surface area contributed by atoms with Crippen molar-refractivity contribution in [3.8, 4) is 17.4 Å². The maximum absolute atomic E-state index is 6.38. The van der Waals surface area contributed by atoms with E-state index in [1.165, 1.54) is 0 Å². The molecule has 0 spiro atoms. The van der Waals surface area contributed by atoms with Crippen LogP contribution in [-0.4, -0.2) is 27.5 Å². The maximum Gasteiger partial charge on any atom is 0.252 e. The second-order valence-corrected chi connectivity index (χ2v) is 12.8. The van der Waals surface area contributed by atoms with Gasteiger partial charge in [-0.25, -0.2) is 4.98 Å². The third-order valence-corrected chi connectivity index (χ3v) is 9.82. The van der Waals surface area contributed by atoms with Gasteiger partial charge in [-0.1, -0.05) is 20.8 Å². The summed E-state index contributed by atoms with van der Waals surface area (Å²) in [4.78, 5) is 4.54. The molecule has 6 heteroatoms. The van der Waals surface area contributed by atoms with E-state index in [2.05, 4.69) is 61.4 Å². The first-order valence-electron chi connectivity index (χ1n) is 7.50. The van der Waals surface area contributed by atoms with E-state index < -0.39 is 8.32 Å². The third-order valence-electron chi connectivity index (χ3n) is 4.46. The topological polar surface area (TPSA) is 40.6 Å². The molecule has 0 amide bonds. The van der Waals surface area contributed by atoms with Gasteiger partial charge in [-0.3, -0.25) is 0 Å². The van der Waals surface area contributed by atoms with Gasteiger partial charge >= 0.3 is 0 Å². The summed E-state index contributed by atoms with van der Waals surface area (Å²) in [5.41, 5.74) is 0. The molecule has 2 aromatic rings. The van der Waals surface area contributed by atoms with Gasteiger partial charge in [-0.2, -0.15) is 0 Å². The van der Waals surface area contributed by atoms with Gasteiger partial charge in [0.2, 0.25) is 5.88 Å². The van der Waals surface area contributed by atoms with Crippen LogP contribution in [-0.2, 0) is 0 Å². The number of fused-ring (bicyclic) bond motifs is 1. The van der Waals surface area contributed by atoms with Crippen LogP contribution in [0.5, 0.6) is 17.4 Å². The number of benzene rings is 1. The van der Waals surface area contributed by atoms with E-state index in [-0.39, 0.29) is 5.04 Å². The molecule has 0 saturated heterocycles. The number of hydrogen-bond donors (Lipinski definition) is 0. The molecular formula is C17H24INO3Si. The third kappa shape index (κ3) is 3.57. The normalized spacial score (nSPS) is 12.3. The minimum Gasteiger partial charge on any atom is -0.530 e. The van der Waals surface area contributed by atoms with E-state index in [0.717, 1.165) is 14.3 Å². The van der Waals surface area contributed by atoms with Gasteiger partial charge in [-0.15, -0.1) is 0 Å². The predicted octanol–water partition coefficient (Wildman–Crippen LogP) is 5.24. The van der Waals surface area contributed by atoms with Crippen LogP contribution in [0, 0.1) is 3.57 Å². The van der Waals surface area contributed by atoms with Crippen molar-refractivity contribution in [3.05, 3.63) is 21.9 Å². The molecule has 0 radical (unpaired) electrons. The Morgan fingerprint density at radius 2 is 1.61 bits per heavy atom. The lowest BCUT2D eigenvalue weighted by Crippen LogP contribution is -2.44. The van der Waals surface area contributed by atoms with Crippen LogP contribution in [0.2, 0.25) is 18.1 Å². The van der Waals surface area contributed by atoms with E-state index >= 15 is 0 Å². The van der Waals surface area contributed by atoms with Crippen LogP contribution in [0.15, 0.2) is 18.3 Å². The molecule has 23 heavy (non-hydrogen) atoms. The number of rotatable bonds is 4. The van der Waals surface area contributed by atoms with Crippen molar-refractivity contribution in [2.75, 3.05) is 14.2 Å². The SMILES string of the molecule is COc1cc2cnc(O[Si](C)(C)C(C)(C)C)c(I)c2cc1OC. The fourth-order valence-corrected chi connectivity index (χ4v) is 3.83. The van der Waals surface area contributed by atoms with Crippen molar-refractivity contribution in [1.82, 2.24) is 4.98 Å². The molecule has 0 fully saturated rings. The molecule has 126 valence electrons. The zero-order valence-electron chi connectivity index (χ0n) is 14.8. The average molecular weight is 445 g/mol. The summed E-state index contributed by atoms with van der Waals surface area (Å²) in [5, 5.41) is 2.20. The number of pyridine rings is 1. The average Bonchev–Trinajstić information content (AvgIpc) is 2.47. The van der Waals surface area contributed by atoms with Crippen molar-refractivity contribution in [1.29, 1.82) is 0 Å². The molecule has 0 saturated carbocycles. The van der Waals surface area contributed by atoms with E-state index in [4.69, 9.17) is 13.9 Å². The second kappa shape index (κ2) is 6.47. The quantitative estimate of drug-likeness (QED) is 0.477. The first kappa shape index (κ1) is 18.3. The Balaban J connectivity index is 2.54. The van der Waals surface area contributed by atoms with Crippen molar-refractivity contribution >= 4 is 41.7 Å². The highest BCUT2D eigenvalue weighted by Crippen LogP contribution is 2.40. The Hall–Kier alpha value is -1.02. The van der Waals surface area contributed by atoms with Crippen LogP contribution >= 0.6 is 22.6 Å². The van der Waals surface area contributed by atoms with Gasteiger partial charge in [0.05, 0.1) is 17.8 Å². The van der Waals surface area contributed by atoms with Crippen LogP contribution in [0.4, 0.5) is 0 Å². The molecule has 1 heterocycles. The van der Waals surface area contributed by atoms with Gasteiger partial charge in [0.1, 0.15) is 0 Å². The highest BCUT2D eigenvalue weighted by molar-refractivity contribution is 14.1. The summed E-state index contributed by atoms with van der Waals surface area (Å²) in [6.45, 7) is 11.1. The highest BCUT2D eigenvalue weighted by atomic mass is 127. The summed E-state index contributed by atoms with van der Waals surface area (Å²) in [6, 6.07) is 3.93. The van der Waals surface area contributed by atoms with E-state index in [1.54, 1.807) is 14.2 Å². The second-order valence-electron chi connectivity index (χ2n) is 7.03. The lowest BCUT2D eigenvalue weighted by atomic mass is 10.1. The van der Waals surface area contributed by atoms with Crippen molar-refractivity contribution in [2.45, 2.75) is 38.9 Å². The van der Waals surface area contributed by atoms with Crippen LogP contribution in [0.1, 0.15) is 20.8 Å². The van der Waals surface area contributed by atoms with Crippen molar-refractivity contribution in [2.24, 2.45) is 0 Å². The highest BCUT2D eigenvalue weighted by Gasteiger charge is 2.39. The van der Waals surface area contributed by atoms with Gasteiger partial charge in [0.25, 0.3) is 8.32 Å². The van der Waals surface area contributed by atoms with Crippen LogP contribution in [0.3, 0.4) is 0 Å². The summed E-state index contributed by atoms with van der Waals surface area (Å²) < 4.78 is 18.2. The largest absolute Gasteiger partial charge is 0.530 e. The monoisotopic (exact) mass is 445 g/mol. The lowest BCUT2D eigenvalue weighted by molar-refractivity contribution is 0.356. The van der Waals surface area contributed by atoms with Gasteiger partial charge < -0.3 is 13.9 Å². The van der Waals surface area contributed by atoms with E-state index in [1.807, 2.05) is 18.3 Å². The molecule has 0 bridgehead atoms. The standard InChI is InChI=1S/C17H24INO3Si/c1-17(2,3)23(6,7)22-16-15(18)12-9-14(21-5)13(20-4)8-11(12)10-19-16/h8-10H,1-7H3. The smallest absolute Gasteiger partial charge is 0.252 e. The molecule has 0 atom stereocenters. The number of ether oxygens (including phenoxy) is 2. The van der Waals surface area contributed by atoms with Gasteiger partial charge in [0.15, 0.2) is 11.5 Å². The summed E-state index contributed by atoms with van der Waals surface area (Å²) in [7, 11) is 1.35. The molecule has 0 aliphatic heterocycles. The minimum atomic E-state index is -1.93. The molecule has 0 aliphatic carbocycles. The Kier molecular flexibility index (Phi) is 5.15.